The number of aryl methyl sites for hydroxylation is 1. The van der Waals surface area contributed by atoms with Crippen LogP contribution in [0.1, 0.15) is 62.0 Å². The molecule has 2 N–H and O–H groups in total. The summed E-state index contributed by atoms with van der Waals surface area (Å²) in [6, 6.07) is 6.20. The average Bonchev–Trinajstić information content (AvgIpc) is 2.93. The molecule has 0 bridgehead atoms. The molecule has 0 fully saturated rings. The van der Waals surface area contributed by atoms with E-state index in [0.717, 1.165) is 30.5 Å². The quantitative estimate of drug-likeness (QED) is 0.869. The van der Waals surface area contributed by atoms with Gasteiger partial charge in [-0.3, -0.25) is 0 Å². The Morgan fingerprint density at radius 3 is 2.76 bits per heavy atom. The van der Waals surface area contributed by atoms with E-state index in [4.69, 9.17) is 0 Å². The molecule has 1 heterocycles. The van der Waals surface area contributed by atoms with Gasteiger partial charge in [0.25, 0.3) is 0 Å². The van der Waals surface area contributed by atoms with E-state index in [1.807, 2.05) is 31.6 Å². The summed E-state index contributed by atoms with van der Waals surface area (Å²) in [4.78, 5) is 12.3. The van der Waals surface area contributed by atoms with Crippen LogP contribution in [0, 0.1) is 13.8 Å². The van der Waals surface area contributed by atoms with Gasteiger partial charge in [0.05, 0.1) is 17.9 Å². The predicted octanol–water partition coefficient (Wildman–Crippen LogP) is 3.96. The predicted molar refractivity (Wildman–Crippen MR) is 100 cm³/mol. The SMILES string of the molecule is Cc1cccc(-n2ncc3c2CCCC3NC(=O)NC(C)(C)C)c1C. The number of fused-ring (bicyclic) bond motifs is 1. The second kappa shape index (κ2) is 6.54. The summed E-state index contributed by atoms with van der Waals surface area (Å²) >= 11 is 0. The number of aromatic nitrogens is 2. The van der Waals surface area contributed by atoms with Gasteiger partial charge in [-0.15, -0.1) is 0 Å². The second-order valence-electron chi connectivity index (χ2n) is 7.97. The molecule has 5 heteroatoms. The molecule has 0 spiro atoms. The fourth-order valence-corrected chi connectivity index (χ4v) is 3.41. The summed E-state index contributed by atoms with van der Waals surface area (Å²) in [7, 11) is 0. The van der Waals surface area contributed by atoms with Crippen LogP contribution < -0.4 is 10.6 Å². The van der Waals surface area contributed by atoms with Crippen LogP contribution in [0.5, 0.6) is 0 Å². The molecule has 1 atom stereocenters. The lowest BCUT2D eigenvalue weighted by Gasteiger charge is -2.27. The molecule has 3 rings (SSSR count). The molecule has 25 heavy (non-hydrogen) atoms. The minimum absolute atomic E-state index is 0.0185. The standard InChI is InChI=1S/C20H28N4O/c1-13-8-6-10-17(14(13)2)24-18-11-7-9-16(15(18)12-21-24)22-19(25)23-20(3,4)5/h6,8,10,12,16H,7,9,11H2,1-5H3,(H2,22,23,25). The van der Waals surface area contributed by atoms with Crippen LogP contribution in [0.3, 0.4) is 0 Å². The molecular formula is C20H28N4O. The fourth-order valence-electron chi connectivity index (χ4n) is 3.41. The van der Waals surface area contributed by atoms with Gasteiger partial charge in [0, 0.05) is 16.8 Å². The molecule has 5 nitrogen and oxygen atoms in total. The summed E-state index contributed by atoms with van der Waals surface area (Å²) in [6.45, 7) is 10.2. The van der Waals surface area contributed by atoms with Crippen molar-refractivity contribution in [1.29, 1.82) is 0 Å². The lowest BCUT2D eigenvalue weighted by Crippen LogP contribution is -2.47. The molecule has 1 aromatic heterocycles. The normalized spacial score (nSPS) is 17.1. The number of nitrogens with one attached hydrogen (secondary N) is 2. The van der Waals surface area contributed by atoms with Crippen LogP contribution in [0.4, 0.5) is 4.79 Å². The number of carbonyl (C=O) groups excluding carboxylic acids is 1. The molecule has 134 valence electrons. The maximum atomic E-state index is 12.3. The first kappa shape index (κ1) is 17.5. The van der Waals surface area contributed by atoms with Gasteiger partial charge in [-0.05, 0) is 71.1 Å². The number of urea groups is 1. The highest BCUT2D eigenvalue weighted by atomic mass is 16.2. The second-order valence-corrected chi connectivity index (χ2v) is 7.97. The van der Waals surface area contributed by atoms with Crippen LogP contribution in [0.15, 0.2) is 24.4 Å². The molecule has 0 aliphatic heterocycles. The van der Waals surface area contributed by atoms with E-state index in [-0.39, 0.29) is 17.6 Å². The number of nitrogens with zero attached hydrogens (tertiary/aromatic N) is 2. The van der Waals surface area contributed by atoms with Crippen molar-refractivity contribution in [3.8, 4) is 5.69 Å². The Hall–Kier alpha value is -2.30. The van der Waals surface area contributed by atoms with Crippen molar-refractivity contribution in [1.82, 2.24) is 20.4 Å². The van der Waals surface area contributed by atoms with Crippen LogP contribution in [-0.2, 0) is 6.42 Å². The molecule has 0 radical (unpaired) electrons. The third-order valence-corrected chi connectivity index (χ3v) is 4.78. The molecule has 1 aromatic carbocycles. The third-order valence-electron chi connectivity index (χ3n) is 4.78. The molecule has 1 unspecified atom stereocenters. The van der Waals surface area contributed by atoms with Crippen LogP contribution in [0.2, 0.25) is 0 Å². The highest BCUT2D eigenvalue weighted by Crippen LogP contribution is 2.32. The van der Waals surface area contributed by atoms with Crippen LogP contribution in [0.25, 0.3) is 5.69 Å². The van der Waals surface area contributed by atoms with Gasteiger partial charge in [0.1, 0.15) is 0 Å². The first-order valence-electron chi connectivity index (χ1n) is 8.98. The van der Waals surface area contributed by atoms with Crippen molar-refractivity contribution in [3.63, 3.8) is 0 Å². The molecule has 1 aliphatic rings. The number of hydrogen-bond acceptors (Lipinski definition) is 2. The summed E-state index contributed by atoms with van der Waals surface area (Å²) in [5.74, 6) is 0. The molecule has 0 saturated carbocycles. The zero-order valence-corrected chi connectivity index (χ0v) is 15.8. The lowest BCUT2D eigenvalue weighted by atomic mass is 9.93. The van der Waals surface area contributed by atoms with Gasteiger partial charge in [-0.1, -0.05) is 12.1 Å². The summed E-state index contributed by atoms with van der Waals surface area (Å²) < 4.78 is 2.05. The minimum atomic E-state index is -0.246. The maximum Gasteiger partial charge on any atom is 0.315 e. The van der Waals surface area contributed by atoms with Crippen molar-refractivity contribution in [2.24, 2.45) is 0 Å². The molecule has 1 aliphatic carbocycles. The Kier molecular flexibility index (Phi) is 4.58. The summed E-state index contributed by atoms with van der Waals surface area (Å²) in [5.41, 5.74) is 5.73. The number of benzene rings is 1. The number of carbonyl (C=O) groups is 1. The van der Waals surface area contributed by atoms with Gasteiger partial charge >= 0.3 is 6.03 Å². The highest BCUT2D eigenvalue weighted by molar-refractivity contribution is 5.75. The van der Waals surface area contributed by atoms with Gasteiger partial charge < -0.3 is 10.6 Å². The first-order valence-corrected chi connectivity index (χ1v) is 8.98. The summed E-state index contributed by atoms with van der Waals surface area (Å²) in [6.07, 6.45) is 4.90. The van der Waals surface area contributed by atoms with E-state index in [1.165, 1.54) is 16.8 Å². The van der Waals surface area contributed by atoms with Gasteiger partial charge in [-0.2, -0.15) is 5.10 Å². The monoisotopic (exact) mass is 340 g/mol. The topological polar surface area (TPSA) is 59.0 Å². The lowest BCUT2D eigenvalue weighted by molar-refractivity contribution is 0.226. The summed E-state index contributed by atoms with van der Waals surface area (Å²) in [5, 5.41) is 10.7. The van der Waals surface area contributed by atoms with Crippen molar-refractivity contribution in [3.05, 3.63) is 46.8 Å². The van der Waals surface area contributed by atoms with Gasteiger partial charge in [0.15, 0.2) is 0 Å². The van der Waals surface area contributed by atoms with Crippen LogP contribution >= 0.6 is 0 Å². The van der Waals surface area contributed by atoms with Gasteiger partial charge in [-0.25, -0.2) is 9.48 Å². The van der Waals surface area contributed by atoms with E-state index < -0.39 is 0 Å². The minimum Gasteiger partial charge on any atom is -0.334 e. The first-order chi connectivity index (χ1) is 11.8. The average molecular weight is 340 g/mol. The van der Waals surface area contributed by atoms with Crippen molar-refractivity contribution >= 4 is 6.03 Å². The highest BCUT2D eigenvalue weighted by Gasteiger charge is 2.27. The Bertz CT molecular complexity index is 785. The molecule has 2 amide bonds. The van der Waals surface area contributed by atoms with E-state index in [1.54, 1.807) is 0 Å². The van der Waals surface area contributed by atoms with Crippen molar-refractivity contribution in [2.75, 3.05) is 0 Å². The molecular weight excluding hydrogens is 312 g/mol. The third kappa shape index (κ3) is 3.70. The smallest absolute Gasteiger partial charge is 0.315 e. The molecule has 2 aromatic rings. The molecule has 0 saturated heterocycles. The van der Waals surface area contributed by atoms with Gasteiger partial charge in [0.2, 0.25) is 0 Å². The van der Waals surface area contributed by atoms with E-state index in [9.17, 15) is 4.79 Å². The Balaban J connectivity index is 1.88. The van der Waals surface area contributed by atoms with Crippen molar-refractivity contribution in [2.45, 2.75) is 65.5 Å². The number of hydrogen-bond donors (Lipinski definition) is 2. The van der Waals surface area contributed by atoms with Crippen LogP contribution in [-0.4, -0.2) is 21.4 Å². The Labute approximate surface area is 149 Å². The zero-order chi connectivity index (χ0) is 18.2. The fraction of sp³-hybridized carbons (Fsp3) is 0.500. The maximum absolute atomic E-state index is 12.3. The largest absolute Gasteiger partial charge is 0.334 e. The van der Waals surface area contributed by atoms with E-state index in [2.05, 4.69) is 47.8 Å². The Morgan fingerprint density at radius 1 is 1.28 bits per heavy atom. The zero-order valence-electron chi connectivity index (χ0n) is 15.8. The van der Waals surface area contributed by atoms with Crippen molar-refractivity contribution < 1.29 is 4.79 Å². The Morgan fingerprint density at radius 2 is 2.04 bits per heavy atom. The number of amides is 2. The van der Waals surface area contributed by atoms with E-state index in [0.29, 0.717) is 0 Å². The number of rotatable bonds is 2. The van der Waals surface area contributed by atoms with E-state index >= 15 is 0 Å².